The van der Waals surface area contributed by atoms with E-state index in [0.29, 0.717) is 16.6 Å². The lowest BCUT2D eigenvalue weighted by molar-refractivity contribution is 0.0521. The van der Waals surface area contributed by atoms with E-state index in [9.17, 15) is 9.18 Å². The number of hydrogen-bond donors (Lipinski definition) is 1. The minimum Gasteiger partial charge on any atom is -0.461 e. The first-order valence-electron chi connectivity index (χ1n) is 9.65. The van der Waals surface area contributed by atoms with Gasteiger partial charge in [0.05, 0.1) is 11.3 Å². The third-order valence-corrected chi connectivity index (χ3v) is 6.17. The first-order chi connectivity index (χ1) is 13.7. The number of esters is 1. The van der Waals surface area contributed by atoms with Gasteiger partial charge in [0, 0.05) is 16.3 Å². The van der Waals surface area contributed by atoms with Crippen LogP contribution in [0.2, 0.25) is 0 Å². The number of carbonyl (C=O) groups excluding carboxylic acids is 1. The first-order valence-corrected chi connectivity index (χ1v) is 10.5. The third-order valence-electron chi connectivity index (χ3n) is 4.98. The molecule has 1 saturated carbocycles. The number of benzene rings is 1. The Morgan fingerprint density at radius 3 is 2.82 bits per heavy atom. The predicted octanol–water partition coefficient (Wildman–Crippen LogP) is 5.42. The number of hydrogen-bond acceptors (Lipinski definition) is 6. The third kappa shape index (κ3) is 3.85. The molecule has 0 saturated heterocycles. The minimum absolute atomic E-state index is 0.207. The summed E-state index contributed by atoms with van der Waals surface area (Å²) in [6.45, 7) is 2.03. The molecule has 0 bridgehead atoms. The maximum atomic E-state index is 13.7. The van der Waals surface area contributed by atoms with E-state index in [2.05, 4.69) is 15.5 Å². The molecule has 0 aliphatic heterocycles. The van der Waals surface area contributed by atoms with Crippen molar-refractivity contribution in [1.29, 1.82) is 0 Å². The van der Waals surface area contributed by atoms with Crippen molar-refractivity contribution in [2.45, 2.75) is 45.1 Å². The van der Waals surface area contributed by atoms with Gasteiger partial charge in [-0.2, -0.15) is 0 Å². The van der Waals surface area contributed by atoms with Crippen LogP contribution in [0.15, 0.2) is 30.3 Å². The second-order valence-electron chi connectivity index (χ2n) is 6.96. The lowest BCUT2D eigenvalue weighted by Crippen LogP contribution is -2.23. The first kappa shape index (κ1) is 18.8. The van der Waals surface area contributed by atoms with Crippen molar-refractivity contribution < 1.29 is 13.9 Å². The maximum Gasteiger partial charge on any atom is 0.360 e. The van der Waals surface area contributed by atoms with E-state index in [-0.39, 0.29) is 18.1 Å². The zero-order valence-corrected chi connectivity index (χ0v) is 16.5. The van der Waals surface area contributed by atoms with Crippen molar-refractivity contribution in [3.63, 3.8) is 0 Å². The van der Waals surface area contributed by atoms with Crippen molar-refractivity contribution in [2.24, 2.45) is 0 Å². The molecule has 1 aliphatic carbocycles. The van der Waals surface area contributed by atoms with Crippen LogP contribution in [0, 0.1) is 5.82 Å². The van der Waals surface area contributed by atoms with Crippen LogP contribution < -0.4 is 5.32 Å². The topological polar surface area (TPSA) is 64.1 Å². The predicted molar refractivity (Wildman–Crippen MR) is 109 cm³/mol. The van der Waals surface area contributed by atoms with E-state index in [1.54, 1.807) is 13.0 Å². The number of thiophene rings is 1. The second-order valence-corrected chi connectivity index (χ2v) is 8.01. The van der Waals surface area contributed by atoms with Gasteiger partial charge in [-0.1, -0.05) is 31.4 Å². The summed E-state index contributed by atoms with van der Waals surface area (Å²) >= 11 is 1.41. The van der Waals surface area contributed by atoms with E-state index < -0.39 is 5.97 Å². The molecule has 0 amide bonds. The molecule has 1 fully saturated rings. The zero-order chi connectivity index (χ0) is 19.5. The highest BCUT2D eigenvalue weighted by molar-refractivity contribution is 7.22. The Kier molecular flexibility index (Phi) is 5.52. The van der Waals surface area contributed by atoms with Gasteiger partial charge in [-0.25, -0.2) is 9.18 Å². The van der Waals surface area contributed by atoms with Gasteiger partial charge in [-0.3, -0.25) is 0 Å². The highest BCUT2D eigenvalue weighted by atomic mass is 32.1. The summed E-state index contributed by atoms with van der Waals surface area (Å²) in [5.41, 5.74) is 0.971. The van der Waals surface area contributed by atoms with E-state index >= 15 is 0 Å². The minimum atomic E-state index is -0.489. The Bertz CT molecular complexity index is 998. The van der Waals surface area contributed by atoms with E-state index in [0.717, 1.165) is 28.7 Å². The Balaban J connectivity index is 1.79. The van der Waals surface area contributed by atoms with Crippen LogP contribution in [0.25, 0.3) is 20.5 Å². The van der Waals surface area contributed by atoms with Crippen LogP contribution in [0.5, 0.6) is 0 Å². The summed E-state index contributed by atoms with van der Waals surface area (Å²) in [5, 5.41) is 12.8. The molecule has 1 aliphatic rings. The molecule has 0 spiro atoms. The van der Waals surface area contributed by atoms with Gasteiger partial charge in [0.25, 0.3) is 0 Å². The van der Waals surface area contributed by atoms with Crippen molar-refractivity contribution in [3.05, 3.63) is 41.8 Å². The number of carbonyl (C=O) groups is 1. The lowest BCUT2D eigenvalue weighted by atomic mass is 9.95. The smallest absolute Gasteiger partial charge is 0.360 e. The average Bonchev–Trinajstić information content (AvgIpc) is 3.15. The Morgan fingerprint density at radius 2 is 2.07 bits per heavy atom. The zero-order valence-electron chi connectivity index (χ0n) is 15.7. The largest absolute Gasteiger partial charge is 0.461 e. The number of nitrogens with one attached hydrogen (secondary N) is 1. The molecular weight excluding hydrogens is 377 g/mol. The van der Waals surface area contributed by atoms with Crippen LogP contribution in [0.4, 0.5) is 10.2 Å². The quantitative estimate of drug-likeness (QED) is 0.581. The average molecular weight is 399 g/mol. The Labute approximate surface area is 166 Å². The van der Waals surface area contributed by atoms with Gasteiger partial charge < -0.3 is 10.1 Å². The van der Waals surface area contributed by atoms with Gasteiger partial charge in [-0.05, 0) is 43.5 Å². The van der Waals surface area contributed by atoms with Crippen LogP contribution in [0.3, 0.4) is 0 Å². The fourth-order valence-electron chi connectivity index (χ4n) is 3.61. The summed E-state index contributed by atoms with van der Waals surface area (Å²) in [5.74, 6) is -0.108. The molecule has 146 valence electrons. The summed E-state index contributed by atoms with van der Waals surface area (Å²) in [7, 11) is 0. The number of rotatable bonds is 5. The van der Waals surface area contributed by atoms with Gasteiger partial charge in [-0.15, -0.1) is 21.5 Å². The molecule has 4 rings (SSSR count). The molecule has 0 radical (unpaired) electrons. The number of halogens is 1. The molecule has 2 aromatic heterocycles. The summed E-state index contributed by atoms with van der Waals surface area (Å²) in [4.78, 5) is 13.2. The van der Waals surface area contributed by atoms with E-state index in [1.165, 1.54) is 42.7 Å². The molecule has 7 heteroatoms. The standard InChI is InChI=1S/C21H22FN3O2S/c1-2-27-21(26)18-19-16(12-17(28-19)13-7-6-8-14(22)11-13)20(25-24-18)23-15-9-4-3-5-10-15/h6-8,11-12,15H,2-5,9-10H2,1H3,(H,23,25). The van der Waals surface area contributed by atoms with E-state index in [4.69, 9.17) is 4.74 Å². The summed E-state index contributed by atoms with van der Waals surface area (Å²) < 4.78 is 19.6. The molecule has 5 nitrogen and oxygen atoms in total. The molecule has 2 heterocycles. The normalized spacial score (nSPS) is 14.9. The number of ether oxygens (including phenoxy) is 1. The Morgan fingerprint density at radius 1 is 1.25 bits per heavy atom. The van der Waals surface area contributed by atoms with Crippen LogP contribution >= 0.6 is 11.3 Å². The fourth-order valence-corrected chi connectivity index (χ4v) is 4.73. The monoisotopic (exact) mass is 399 g/mol. The van der Waals surface area contributed by atoms with Gasteiger partial charge in [0.2, 0.25) is 0 Å². The van der Waals surface area contributed by atoms with Crippen molar-refractivity contribution in [2.75, 3.05) is 11.9 Å². The molecule has 1 N–H and O–H groups in total. The van der Waals surface area contributed by atoms with Crippen molar-refractivity contribution in [1.82, 2.24) is 10.2 Å². The molecule has 1 aromatic carbocycles. The van der Waals surface area contributed by atoms with Gasteiger partial charge >= 0.3 is 5.97 Å². The summed E-state index contributed by atoms with van der Waals surface area (Å²) in [6.07, 6.45) is 5.87. The number of fused-ring (bicyclic) bond motifs is 1. The van der Waals surface area contributed by atoms with Gasteiger partial charge in [0.1, 0.15) is 5.82 Å². The number of anilines is 1. The SMILES string of the molecule is CCOC(=O)c1nnc(NC2CCCCC2)c2cc(-c3cccc(F)c3)sc12. The number of nitrogens with zero attached hydrogens (tertiary/aromatic N) is 2. The highest BCUT2D eigenvalue weighted by Gasteiger charge is 2.22. The molecular formula is C21H22FN3O2S. The fraction of sp³-hybridized carbons (Fsp3) is 0.381. The Hall–Kier alpha value is -2.54. The van der Waals surface area contributed by atoms with Crippen LogP contribution in [-0.2, 0) is 4.74 Å². The van der Waals surface area contributed by atoms with E-state index in [1.807, 2.05) is 12.1 Å². The van der Waals surface area contributed by atoms with Crippen LogP contribution in [0.1, 0.15) is 49.5 Å². The summed E-state index contributed by atoms with van der Waals surface area (Å²) in [6, 6.07) is 8.75. The molecule has 0 unspecified atom stereocenters. The molecule has 0 atom stereocenters. The molecule has 3 aromatic rings. The van der Waals surface area contributed by atoms with Crippen molar-refractivity contribution >= 4 is 33.2 Å². The second kappa shape index (κ2) is 8.22. The number of aromatic nitrogens is 2. The maximum absolute atomic E-state index is 13.7. The van der Waals surface area contributed by atoms with Crippen LogP contribution in [-0.4, -0.2) is 28.8 Å². The van der Waals surface area contributed by atoms with Gasteiger partial charge in [0.15, 0.2) is 11.5 Å². The molecule has 28 heavy (non-hydrogen) atoms. The van der Waals surface area contributed by atoms with Crippen molar-refractivity contribution in [3.8, 4) is 10.4 Å². The highest BCUT2D eigenvalue weighted by Crippen LogP contribution is 2.38. The lowest BCUT2D eigenvalue weighted by Gasteiger charge is -2.23.